The lowest BCUT2D eigenvalue weighted by Crippen LogP contribution is -2.31. The zero-order valence-corrected chi connectivity index (χ0v) is 10.4. The van der Waals surface area contributed by atoms with Gasteiger partial charge in [-0.25, -0.2) is 8.78 Å². The van der Waals surface area contributed by atoms with Crippen LogP contribution in [0.2, 0.25) is 0 Å². The first-order valence-electron chi connectivity index (χ1n) is 6.00. The summed E-state index contributed by atoms with van der Waals surface area (Å²) in [4.78, 5) is 1.42. The number of rotatable bonds is 7. The predicted octanol–water partition coefficient (Wildman–Crippen LogP) is 2.19. The van der Waals surface area contributed by atoms with E-state index in [9.17, 15) is 13.9 Å². The van der Waals surface area contributed by atoms with E-state index in [1.165, 1.54) is 4.90 Å². The van der Waals surface area contributed by atoms with Crippen molar-refractivity contribution in [2.75, 3.05) is 24.6 Å². The van der Waals surface area contributed by atoms with Gasteiger partial charge in [0.2, 0.25) is 0 Å². The highest BCUT2D eigenvalue weighted by atomic mass is 19.3. The second-order valence-corrected chi connectivity index (χ2v) is 4.08. The fourth-order valence-electron chi connectivity index (χ4n) is 1.76. The second-order valence-electron chi connectivity index (χ2n) is 4.08. The van der Waals surface area contributed by atoms with E-state index in [-0.39, 0.29) is 13.2 Å². The van der Waals surface area contributed by atoms with Crippen molar-refractivity contribution in [3.63, 3.8) is 0 Å². The molecule has 0 saturated carbocycles. The molecule has 1 unspecified atom stereocenters. The third-order valence-electron chi connectivity index (χ3n) is 2.76. The predicted molar refractivity (Wildman–Crippen MR) is 67.0 cm³/mol. The van der Waals surface area contributed by atoms with Crippen LogP contribution >= 0.6 is 0 Å². The number of halogens is 2. The SMILES string of the molecule is CCC(O)c1ccc(N(CCO)CC(F)F)cc1. The van der Waals surface area contributed by atoms with E-state index < -0.39 is 19.1 Å². The molecule has 102 valence electrons. The summed E-state index contributed by atoms with van der Waals surface area (Å²) in [5.74, 6) is 0. The van der Waals surface area contributed by atoms with E-state index >= 15 is 0 Å². The van der Waals surface area contributed by atoms with Gasteiger partial charge in [-0.1, -0.05) is 19.1 Å². The Balaban J connectivity index is 2.79. The highest BCUT2D eigenvalue weighted by Gasteiger charge is 2.13. The molecule has 1 aromatic carbocycles. The number of hydrogen-bond acceptors (Lipinski definition) is 3. The molecule has 1 rings (SSSR count). The van der Waals surface area contributed by atoms with Crippen LogP contribution in [0.3, 0.4) is 0 Å². The zero-order valence-electron chi connectivity index (χ0n) is 10.4. The van der Waals surface area contributed by atoms with Gasteiger partial charge in [0.25, 0.3) is 6.43 Å². The number of hydrogen-bond donors (Lipinski definition) is 2. The van der Waals surface area contributed by atoms with Gasteiger partial charge in [-0.05, 0) is 24.1 Å². The minimum Gasteiger partial charge on any atom is -0.395 e. The summed E-state index contributed by atoms with van der Waals surface area (Å²) >= 11 is 0. The highest BCUT2D eigenvalue weighted by molar-refractivity contribution is 5.48. The third kappa shape index (κ3) is 4.23. The molecule has 0 amide bonds. The molecule has 0 aliphatic rings. The minimum atomic E-state index is -2.45. The number of alkyl halides is 2. The Morgan fingerprint density at radius 2 is 1.83 bits per heavy atom. The molecule has 0 aliphatic carbocycles. The van der Waals surface area contributed by atoms with Gasteiger partial charge < -0.3 is 15.1 Å². The third-order valence-corrected chi connectivity index (χ3v) is 2.76. The summed E-state index contributed by atoms with van der Waals surface area (Å²) in [6.07, 6.45) is -2.37. The average molecular weight is 259 g/mol. The first-order valence-corrected chi connectivity index (χ1v) is 6.00. The lowest BCUT2D eigenvalue weighted by molar-refractivity contribution is 0.152. The molecule has 0 spiro atoms. The first-order chi connectivity index (χ1) is 8.58. The Hall–Kier alpha value is -1.20. The maximum absolute atomic E-state index is 12.4. The van der Waals surface area contributed by atoms with Crippen LogP contribution in [-0.2, 0) is 0 Å². The van der Waals surface area contributed by atoms with Gasteiger partial charge in [0, 0.05) is 12.2 Å². The molecule has 1 aromatic rings. The van der Waals surface area contributed by atoms with E-state index in [1.807, 2.05) is 6.92 Å². The molecule has 3 nitrogen and oxygen atoms in total. The summed E-state index contributed by atoms with van der Waals surface area (Å²) in [5.41, 5.74) is 1.39. The van der Waals surface area contributed by atoms with Crippen LogP contribution in [0.1, 0.15) is 25.0 Å². The monoisotopic (exact) mass is 259 g/mol. The summed E-state index contributed by atoms with van der Waals surface area (Å²) < 4.78 is 24.8. The van der Waals surface area contributed by atoms with Gasteiger partial charge in [0.05, 0.1) is 19.3 Å². The molecule has 0 bridgehead atoms. The van der Waals surface area contributed by atoms with E-state index in [2.05, 4.69) is 0 Å². The van der Waals surface area contributed by atoms with Crippen LogP contribution in [0.5, 0.6) is 0 Å². The molecule has 0 aliphatic heterocycles. The van der Waals surface area contributed by atoms with Crippen LogP contribution < -0.4 is 4.90 Å². The number of aliphatic hydroxyl groups is 2. The Kier molecular flexibility index (Phi) is 6.01. The lowest BCUT2D eigenvalue weighted by atomic mass is 10.1. The number of aliphatic hydroxyl groups excluding tert-OH is 2. The summed E-state index contributed by atoms with van der Waals surface area (Å²) in [6.45, 7) is 1.45. The summed E-state index contributed by atoms with van der Waals surface area (Å²) in [6, 6.07) is 6.82. The van der Waals surface area contributed by atoms with Crippen LogP contribution in [0.4, 0.5) is 14.5 Å². The highest BCUT2D eigenvalue weighted by Crippen LogP contribution is 2.21. The fraction of sp³-hybridized carbons (Fsp3) is 0.538. The molecule has 0 saturated heterocycles. The normalized spacial score (nSPS) is 12.8. The molecule has 1 atom stereocenters. The van der Waals surface area contributed by atoms with Crippen molar-refractivity contribution in [3.05, 3.63) is 29.8 Å². The smallest absolute Gasteiger partial charge is 0.255 e. The van der Waals surface area contributed by atoms with E-state index in [0.717, 1.165) is 5.56 Å². The fourth-order valence-corrected chi connectivity index (χ4v) is 1.76. The Morgan fingerprint density at radius 1 is 1.22 bits per heavy atom. The topological polar surface area (TPSA) is 43.7 Å². The van der Waals surface area contributed by atoms with Crippen molar-refractivity contribution in [2.45, 2.75) is 25.9 Å². The molecule has 0 fully saturated rings. The maximum Gasteiger partial charge on any atom is 0.255 e. The molecule has 18 heavy (non-hydrogen) atoms. The standard InChI is InChI=1S/C13H19F2NO2/c1-2-12(18)10-3-5-11(6-4-10)16(7-8-17)9-13(14)15/h3-6,12-13,17-18H,2,7-9H2,1H3. The van der Waals surface area contributed by atoms with E-state index in [1.54, 1.807) is 24.3 Å². The number of nitrogens with zero attached hydrogens (tertiary/aromatic N) is 1. The van der Waals surface area contributed by atoms with Crippen molar-refractivity contribution in [1.29, 1.82) is 0 Å². The molecule has 0 radical (unpaired) electrons. The quantitative estimate of drug-likeness (QED) is 0.789. The maximum atomic E-state index is 12.4. The van der Waals surface area contributed by atoms with Crippen LogP contribution in [0.15, 0.2) is 24.3 Å². The number of anilines is 1. The first kappa shape index (κ1) is 14.9. The molecular weight excluding hydrogens is 240 g/mol. The van der Waals surface area contributed by atoms with Gasteiger partial charge in [0.1, 0.15) is 0 Å². The summed E-state index contributed by atoms with van der Waals surface area (Å²) in [5, 5.41) is 18.5. The van der Waals surface area contributed by atoms with Crippen molar-refractivity contribution in [3.8, 4) is 0 Å². The molecule has 5 heteroatoms. The van der Waals surface area contributed by atoms with Crippen LogP contribution in [-0.4, -0.2) is 36.3 Å². The Morgan fingerprint density at radius 3 is 2.28 bits per heavy atom. The molecule has 0 aromatic heterocycles. The van der Waals surface area contributed by atoms with Gasteiger partial charge >= 0.3 is 0 Å². The second kappa shape index (κ2) is 7.28. The molecular formula is C13H19F2NO2. The van der Waals surface area contributed by atoms with Crippen molar-refractivity contribution in [1.82, 2.24) is 0 Å². The van der Waals surface area contributed by atoms with Gasteiger partial charge in [-0.2, -0.15) is 0 Å². The Bertz CT molecular complexity index is 343. The largest absolute Gasteiger partial charge is 0.395 e. The van der Waals surface area contributed by atoms with E-state index in [4.69, 9.17) is 5.11 Å². The zero-order chi connectivity index (χ0) is 13.5. The average Bonchev–Trinajstić information content (AvgIpc) is 2.37. The lowest BCUT2D eigenvalue weighted by Gasteiger charge is -2.24. The summed E-state index contributed by atoms with van der Waals surface area (Å²) in [7, 11) is 0. The van der Waals surface area contributed by atoms with Crippen molar-refractivity contribution >= 4 is 5.69 Å². The van der Waals surface area contributed by atoms with Crippen molar-refractivity contribution in [2.24, 2.45) is 0 Å². The van der Waals surface area contributed by atoms with E-state index in [0.29, 0.717) is 12.1 Å². The molecule has 2 N–H and O–H groups in total. The van der Waals surface area contributed by atoms with Gasteiger partial charge in [-0.15, -0.1) is 0 Å². The van der Waals surface area contributed by atoms with Gasteiger partial charge in [-0.3, -0.25) is 0 Å². The number of benzene rings is 1. The van der Waals surface area contributed by atoms with Crippen LogP contribution in [0, 0.1) is 0 Å². The van der Waals surface area contributed by atoms with Crippen LogP contribution in [0.25, 0.3) is 0 Å². The Labute approximate surface area is 106 Å². The molecule has 0 heterocycles. The van der Waals surface area contributed by atoms with Gasteiger partial charge in [0.15, 0.2) is 0 Å². The minimum absolute atomic E-state index is 0.167. The van der Waals surface area contributed by atoms with Crippen molar-refractivity contribution < 1.29 is 19.0 Å².